The maximum absolute atomic E-state index is 12.2. The van der Waals surface area contributed by atoms with Crippen molar-refractivity contribution in [2.75, 3.05) is 0 Å². The summed E-state index contributed by atoms with van der Waals surface area (Å²) in [5, 5.41) is 1.01. The molecule has 2 aromatic heterocycles. The molecule has 104 valence electrons. The van der Waals surface area contributed by atoms with Gasteiger partial charge in [0.25, 0.3) is 5.56 Å². The van der Waals surface area contributed by atoms with Gasteiger partial charge in [-0.25, -0.2) is 4.98 Å². The third-order valence-electron chi connectivity index (χ3n) is 3.91. The van der Waals surface area contributed by atoms with Crippen LogP contribution in [0.25, 0.3) is 22.3 Å². The second-order valence-electron chi connectivity index (χ2n) is 5.19. The van der Waals surface area contributed by atoms with Crippen LogP contribution in [0.2, 0.25) is 0 Å². The topological polar surface area (TPSA) is 58.6 Å². The van der Waals surface area contributed by atoms with Gasteiger partial charge in [-0.15, -0.1) is 0 Å². The van der Waals surface area contributed by atoms with Crippen LogP contribution in [0.3, 0.4) is 0 Å². The summed E-state index contributed by atoms with van der Waals surface area (Å²) in [6.07, 6.45) is 4.48. The van der Waals surface area contributed by atoms with Crippen LogP contribution in [0, 0.1) is 0 Å². The molecule has 0 saturated heterocycles. The van der Waals surface area contributed by atoms with E-state index in [1.165, 1.54) is 0 Å². The van der Waals surface area contributed by atoms with Crippen LogP contribution < -0.4 is 5.56 Å². The lowest BCUT2D eigenvalue weighted by atomic mass is 10.1. The van der Waals surface area contributed by atoms with Crippen LogP contribution in [0.15, 0.2) is 39.7 Å². The smallest absolute Gasteiger partial charge is 0.254 e. The van der Waals surface area contributed by atoms with Gasteiger partial charge < -0.3 is 4.98 Å². The molecule has 1 N–H and O–H groups in total. The molecule has 0 atom stereocenters. The first-order valence-electron chi connectivity index (χ1n) is 6.90. The van der Waals surface area contributed by atoms with Crippen molar-refractivity contribution in [3.63, 3.8) is 0 Å². The summed E-state index contributed by atoms with van der Waals surface area (Å²) < 4.78 is 0.984. The van der Waals surface area contributed by atoms with E-state index in [1.54, 1.807) is 6.20 Å². The van der Waals surface area contributed by atoms with Crippen molar-refractivity contribution in [3.8, 4) is 11.4 Å². The first-order valence-corrected chi connectivity index (χ1v) is 7.69. The van der Waals surface area contributed by atoms with Gasteiger partial charge in [0.15, 0.2) is 0 Å². The molecule has 1 aliphatic rings. The number of hydrogen-bond donors (Lipinski definition) is 1. The Kier molecular flexibility index (Phi) is 2.89. The molecule has 0 amide bonds. The van der Waals surface area contributed by atoms with Crippen molar-refractivity contribution in [2.24, 2.45) is 0 Å². The van der Waals surface area contributed by atoms with E-state index in [0.717, 1.165) is 51.5 Å². The Morgan fingerprint density at radius 3 is 3.00 bits per heavy atom. The Bertz CT molecular complexity index is 917. The number of H-pyrrole nitrogens is 1. The van der Waals surface area contributed by atoms with Crippen molar-refractivity contribution in [1.82, 2.24) is 15.0 Å². The standard InChI is InChI=1S/C16H12BrN3O/c17-12-7-6-11(14-9(12)4-2-8-18-14)15-19-13-5-1-3-10(13)16(21)20-15/h2,4,6-8H,1,3,5H2,(H,19,20,21). The van der Waals surface area contributed by atoms with Gasteiger partial charge in [-0.1, -0.05) is 22.0 Å². The van der Waals surface area contributed by atoms with Crippen LogP contribution >= 0.6 is 15.9 Å². The first-order chi connectivity index (χ1) is 10.2. The van der Waals surface area contributed by atoms with Crippen LogP contribution in [0.5, 0.6) is 0 Å². The average molecular weight is 342 g/mol. The van der Waals surface area contributed by atoms with Crippen molar-refractivity contribution in [1.29, 1.82) is 0 Å². The first kappa shape index (κ1) is 12.7. The molecule has 4 nitrogen and oxygen atoms in total. The number of hydrogen-bond acceptors (Lipinski definition) is 3. The Hall–Kier alpha value is -2.01. The molecule has 1 aromatic carbocycles. The minimum Gasteiger partial charge on any atom is -0.306 e. The molecule has 0 aliphatic heterocycles. The maximum atomic E-state index is 12.2. The minimum absolute atomic E-state index is 0.0144. The molecular weight excluding hydrogens is 330 g/mol. The molecule has 0 fully saturated rings. The predicted molar refractivity (Wildman–Crippen MR) is 85.3 cm³/mol. The summed E-state index contributed by atoms with van der Waals surface area (Å²) in [4.78, 5) is 24.2. The van der Waals surface area contributed by atoms with E-state index >= 15 is 0 Å². The zero-order valence-corrected chi connectivity index (χ0v) is 12.8. The van der Waals surface area contributed by atoms with E-state index in [-0.39, 0.29) is 5.56 Å². The fourth-order valence-electron chi connectivity index (χ4n) is 2.90. The number of nitrogens with one attached hydrogen (secondary N) is 1. The van der Waals surface area contributed by atoms with Gasteiger partial charge >= 0.3 is 0 Å². The molecule has 0 radical (unpaired) electrons. The molecule has 2 heterocycles. The predicted octanol–water partition coefficient (Wildman–Crippen LogP) is 3.24. The van der Waals surface area contributed by atoms with Gasteiger partial charge in [0, 0.05) is 27.2 Å². The van der Waals surface area contributed by atoms with Gasteiger partial charge in [0.1, 0.15) is 5.82 Å². The molecule has 4 rings (SSSR count). The van der Waals surface area contributed by atoms with Crippen LogP contribution in [-0.2, 0) is 12.8 Å². The third kappa shape index (κ3) is 2.00. The maximum Gasteiger partial charge on any atom is 0.254 e. The number of pyridine rings is 1. The monoisotopic (exact) mass is 341 g/mol. The lowest BCUT2D eigenvalue weighted by Gasteiger charge is -2.08. The molecule has 0 unspecified atom stereocenters. The number of aryl methyl sites for hydroxylation is 1. The number of halogens is 1. The van der Waals surface area contributed by atoms with Gasteiger partial charge in [-0.05, 0) is 37.5 Å². The Morgan fingerprint density at radius 2 is 2.10 bits per heavy atom. The van der Waals surface area contributed by atoms with E-state index in [2.05, 4.69) is 30.9 Å². The Labute approximate surface area is 129 Å². The summed E-state index contributed by atoms with van der Waals surface area (Å²) in [7, 11) is 0. The zero-order chi connectivity index (χ0) is 14.4. The number of rotatable bonds is 1. The van der Waals surface area contributed by atoms with Crippen molar-refractivity contribution in [3.05, 3.63) is 56.5 Å². The molecule has 5 heteroatoms. The van der Waals surface area contributed by atoms with Crippen LogP contribution in [0.4, 0.5) is 0 Å². The lowest BCUT2D eigenvalue weighted by Crippen LogP contribution is -2.15. The quantitative estimate of drug-likeness (QED) is 0.739. The van der Waals surface area contributed by atoms with Gasteiger partial charge in [-0.3, -0.25) is 9.78 Å². The largest absolute Gasteiger partial charge is 0.306 e. The van der Waals surface area contributed by atoms with E-state index in [1.807, 2.05) is 24.3 Å². The number of fused-ring (bicyclic) bond motifs is 2. The SMILES string of the molecule is O=c1[nH]c(-c2ccc(Br)c3cccnc23)nc2c1CCC2. The highest BCUT2D eigenvalue weighted by atomic mass is 79.9. The highest BCUT2D eigenvalue weighted by Crippen LogP contribution is 2.30. The summed E-state index contributed by atoms with van der Waals surface area (Å²) in [6.45, 7) is 0. The normalized spacial score (nSPS) is 13.6. The Balaban J connectivity index is 2.02. The van der Waals surface area contributed by atoms with E-state index < -0.39 is 0 Å². The fourth-order valence-corrected chi connectivity index (χ4v) is 3.35. The highest BCUT2D eigenvalue weighted by molar-refractivity contribution is 9.10. The highest BCUT2D eigenvalue weighted by Gasteiger charge is 2.18. The fraction of sp³-hybridized carbons (Fsp3) is 0.188. The van der Waals surface area contributed by atoms with E-state index in [9.17, 15) is 4.79 Å². The minimum atomic E-state index is -0.0144. The number of benzene rings is 1. The second-order valence-corrected chi connectivity index (χ2v) is 6.04. The van der Waals surface area contributed by atoms with Crippen molar-refractivity contribution >= 4 is 26.8 Å². The summed E-state index contributed by atoms with van der Waals surface area (Å²) in [6, 6.07) is 7.81. The second kappa shape index (κ2) is 4.77. The van der Waals surface area contributed by atoms with Gasteiger partial charge in [0.2, 0.25) is 0 Å². The summed E-state index contributed by atoms with van der Waals surface area (Å²) in [5.41, 5.74) is 3.46. The van der Waals surface area contributed by atoms with Crippen molar-refractivity contribution in [2.45, 2.75) is 19.3 Å². The molecule has 3 aromatic rings. The van der Waals surface area contributed by atoms with Gasteiger partial charge in [-0.2, -0.15) is 0 Å². The Morgan fingerprint density at radius 1 is 1.19 bits per heavy atom. The summed E-state index contributed by atoms with van der Waals surface area (Å²) >= 11 is 3.54. The number of aromatic nitrogens is 3. The van der Waals surface area contributed by atoms with Crippen LogP contribution in [-0.4, -0.2) is 15.0 Å². The lowest BCUT2D eigenvalue weighted by molar-refractivity contribution is 0.899. The molecule has 1 aliphatic carbocycles. The zero-order valence-electron chi connectivity index (χ0n) is 11.2. The number of nitrogens with zero attached hydrogens (tertiary/aromatic N) is 2. The molecule has 0 saturated carbocycles. The van der Waals surface area contributed by atoms with E-state index in [4.69, 9.17) is 0 Å². The van der Waals surface area contributed by atoms with E-state index in [0.29, 0.717) is 5.82 Å². The molecular formula is C16H12BrN3O. The third-order valence-corrected chi connectivity index (χ3v) is 4.60. The summed E-state index contributed by atoms with van der Waals surface area (Å²) in [5.74, 6) is 0.608. The van der Waals surface area contributed by atoms with Crippen LogP contribution in [0.1, 0.15) is 17.7 Å². The average Bonchev–Trinajstić information content (AvgIpc) is 2.97. The molecule has 0 bridgehead atoms. The molecule has 21 heavy (non-hydrogen) atoms. The van der Waals surface area contributed by atoms with Crippen molar-refractivity contribution < 1.29 is 0 Å². The molecule has 0 spiro atoms. The van der Waals surface area contributed by atoms with Gasteiger partial charge in [0.05, 0.1) is 11.2 Å². The number of aromatic amines is 1.